The summed E-state index contributed by atoms with van der Waals surface area (Å²) in [5.41, 5.74) is 1.92. The van der Waals surface area contributed by atoms with E-state index in [1.165, 1.54) is 18.2 Å². The van der Waals surface area contributed by atoms with E-state index < -0.39 is 22.7 Å². The van der Waals surface area contributed by atoms with Crippen molar-refractivity contribution in [1.29, 1.82) is 0 Å². The minimum Gasteiger partial charge on any atom is -0.433 e. The van der Waals surface area contributed by atoms with Gasteiger partial charge in [0.2, 0.25) is 0 Å². The lowest BCUT2D eigenvalue weighted by atomic mass is 10.1. The number of piperazine rings is 1. The van der Waals surface area contributed by atoms with Gasteiger partial charge in [0.1, 0.15) is 5.75 Å². The van der Waals surface area contributed by atoms with E-state index >= 15 is 0 Å². The van der Waals surface area contributed by atoms with Gasteiger partial charge in [0.15, 0.2) is 0 Å². The minimum absolute atomic E-state index is 0. The van der Waals surface area contributed by atoms with Crippen molar-refractivity contribution < 1.29 is 21.9 Å². The third-order valence-electron chi connectivity index (χ3n) is 4.98. The van der Waals surface area contributed by atoms with Crippen molar-refractivity contribution in [2.24, 2.45) is 0 Å². The third-order valence-corrected chi connectivity index (χ3v) is 6.97. The zero-order valence-corrected chi connectivity index (χ0v) is 19.3. The highest BCUT2D eigenvalue weighted by Gasteiger charge is 2.31. The second-order valence-corrected chi connectivity index (χ2v) is 9.24. The van der Waals surface area contributed by atoms with Gasteiger partial charge in [0, 0.05) is 37.9 Å². The highest BCUT2D eigenvalue weighted by atomic mass is 35.5. The highest BCUT2D eigenvalue weighted by molar-refractivity contribution is 7.92. The van der Waals surface area contributed by atoms with Crippen LogP contribution in [-0.4, -0.2) is 47.3 Å². The first-order valence-electron chi connectivity index (χ1n) is 9.86. The number of ether oxygens (including phenoxy) is 1. The molecule has 2 aromatic rings. The molecule has 0 aliphatic carbocycles. The zero-order valence-electron chi connectivity index (χ0n) is 17.7. The summed E-state index contributed by atoms with van der Waals surface area (Å²) in [5.74, 6) is -0.181. The van der Waals surface area contributed by atoms with E-state index in [1.807, 2.05) is 6.92 Å². The van der Waals surface area contributed by atoms with Gasteiger partial charge in [-0.1, -0.05) is 18.2 Å². The molecule has 0 radical (unpaired) electrons. The lowest BCUT2D eigenvalue weighted by molar-refractivity contribution is -0.0494. The Hall–Kier alpha value is -2.10. The van der Waals surface area contributed by atoms with Crippen LogP contribution in [0.1, 0.15) is 19.4 Å². The van der Waals surface area contributed by atoms with Crippen LogP contribution < -0.4 is 19.3 Å². The van der Waals surface area contributed by atoms with Gasteiger partial charge in [-0.05, 0) is 50.6 Å². The fraction of sp³-hybridized carbons (Fsp3) is 0.429. The predicted molar refractivity (Wildman–Crippen MR) is 121 cm³/mol. The predicted octanol–water partition coefficient (Wildman–Crippen LogP) is 4.03. The van der Waals surface area contributed by atoms with Gasteiger partial charge >= 0.3 is 6.61 Å². The molecule has 0 aromatic heterocycles. The Bertz CT molecular complexity index is 984. The maximum atomic E-state index is 13.6. The van der Waals surface area contributed by atoms with Crippen molar-refractivity contribution in [3.05, 3.63) is 48.0 Å². The SMILES string of the molecule is Cc1ccc(S(=O)(=O)N(c2ccccc2OC(F)F)C(C)C)cc1N1CCNCC1.Cl. The molecule has 0 amide bonds. The Morgan fingerprint density at radius 3 is 2.35 bits per heavy atom. The standard InChI is InChI=1S/C21H27F2N3O3S.ClH/c1-15(2)26(18-6-4-5-7-20(18)29-21(22)23)30(27,28)17-9-8-16(3)19(14-17)25-12-10-24-11-13-25;/h4-9,14-15,21,24H,10-13H2,1-3H3;1H. The van der Waals surface area contributed by atoms with E-state index in [0.717, 1.165) is 41.7 Å². The van der Waals surface area contributed by atoms with Crippen molar-refractivity contribution in [3.8, 4) is 5.75 Å². The van der Waals surface area contributed by atoms with Gasteiger partial charge in [-0.25, -0.2) is 8.42 Å². The number of nitrogens with zero attached hydrogens (tertiary/aromatic N) is 2. The van der Waals surface area contributed by atoms with Crippen LogP contribution in [0.2, 0.25) is 0 Å². The minimum atomic E-state index is -4.02. The molecule has 0 saturated carbocycles. The molecule has 0 unspecified atom stereocenters. The number of aryl methyl sites for hydroxylation is 1. The Balaban J connectivity index is 0.00000341. The summed E-state index contributed by atoms with van der Waals surface area (Å²) in [6, 6.07) is 10.4. The second kappa shape index (κ2) is 10.5. The normalized spacial score (nSPS) is 14.5. The van der Waals surface area contributed by atoms with Crippen molar-refractivity contribution >= 4 is 33.8 Å². The molecule has 10 heteroatoms. The van der Waals surface area contributed by atoms with Crippen molar-refractivity contribution in [2.45, 2.75) is 38.3 Å². The Morgan fingerprint density at radius 2 is 1.74 bits per heavy atom. The molecule has 172 valence electrons. The third kappa shape index (κ3) is 5.58. The monoisotopic (exact) mass is 475 g/mol. The number of nitrogens with one attached hydrogen (secondary N) is 1. The summed E-state index contributed by atoms with van der Waals surface area (Å²) < 4.78 is 58.7. The van der Waals surface area contributed by atoms with Crippen LogP contribution in [0.5, 0.6) is 5.75 Å². The highest BCUT2D eigenvalue weighted by Crippen LogP contribution is 2.36. The summed E-state index contributed by atoms with van der Waals surface area (Å²) in [5, 5.41) is 3.28. The van der Waals surface area contributed by atoms with Gasteiger partial charge in [-0.15, -0.1) is 12.4 Å². The molecule has 2 aromatic carbocycles. The van der Waals surface area contributed by atoms with Crippen LogP contribution in [0.4, 0.5) is 20.2 Å². The number of para-hydroxylation sites is 2. The summed E-state index contributed by atoms with van der Waals surface area (Å²) in [6.07, 6.45) is 0. The molecule has 3 rings (SSSR count). The van der Waals surface area contributed by atoms with Crippen molar-refractivity contribution in [3.63, 3.8) is 0 Å². The average Bonchev–Trinajstić information content (AvgIpc) is 2.69. The van der Waals surface area contributed by atoms with Crippen molar-refractivity contribution in [1.82, 2.24) is 5.32 Å². The first kappa shape index (κ1) is 25.2. The molecule has 31 heavy (non-hydrogen) atoms. The summed E-state index contributed by atoms with van der Waals surface area (Å²) in [7, 11) is -4.02. The summed E-state index contributed by atoms with van der Waals surface area (Å²) >= 11 is 0. The number of anilines is 2. The number of alkyl halides is 2. The molecule has 0 bridgehead atoms. The molecule has 1 N–H and O–H groups in total. The topological polar surface area (TPSA) is 61.9 Å². The van der Waals surface area contributed by atoms with Crippen LogP contribution in [-0.2, 0) is 10.0 Å². The number of rotatable bonds is 7. The van der Waals surface area contributed by atoms with Gasteiger partial charge in [-0.3, -0.25) is 4.31 Å². The Kier molecular flexibility index (Phi) is 8.50. The van der Waals surface area contributed by atoms with E-state index in [4.69, 9.17) is 0 Å². The number of hydrogen-bond donors (Lipinski definition) is 1. The van der Waals surface area contributed by atoms with Gasteiger partial charge in [0.05, 0.1) is 10.6 Å². The molecule has 0 atom stereocenters. The van der Waals surface area contributed by atoms with Crippen LogP contribution in [0.25, 0.3) is 0 Å². The first-order valence-corrected chi connectivity index (χ1v) is 11.3. The van der Waals surface area contributed by atoms with Crippen LogP contribution in [0.15, 0.2) is 47.4 Å². The maximum Gasteiger partial charge on any atom is 0.387 e. The smallest absolute Gasteiger partial charge is 0.387 e. The molecule has 1 aliphatic heterocycles. The number of halogens is 3. The molecule has 1 saturated heterocycles. The Labute approximate surface area is 188 Å². The van der Waals surface area contributed by atoms with E-state index in [-0.39, 0.29) is 28.7 Å². The van der Waals surface area contributed by atoms with Gasteiger partial charge in [0.25, 0.3) is 10.0 Å². The molecule has 1 heterocycles. The first-order chi connectivity index (χ1) is 14.2. The molecular formula is C21H28ClF2N3O3S. The van der Waals surface area contributed by atoms with E-state index in [2.05, 4.69) is 15.0 Å². The van der Waals surface area contributed by atoms with Crippen LogP contribution in [0, 0.1) is 6.92 Å². The molecule has 0 spiro atoms. The molecule has 6 nitrogen and oxygen atoms in total. The lowest BCUT2D eigenvalue weighted by Crippen LogP contribution is -2.44. The number of benzene rings is 2. The quantitative estimate of drug-likeness (QED) is 0.655. The van der Waals surface area contributed by atoms with Gasteiger partial charge < -0.3 is 15.0 Å². The lowest BCUT2D eigenvalue weighted by Gasteiger charge is -2.32. The molecular weight excluding hydrogens is 448 g/mol. The maximum absolute atomic E-state index is 13.6. The van der Waals surface area contributed by atoms with Crippen LogP contribution >= 0.6 is 12.4 Å². The largest absolute Gasteiger partial charge is 0.433 e. The van der Waals surface area contributed by atoms with E-state index in [0.29, 0.717) is 0 Å². The average molecular weight is 476 g/mol. The van der Waals surface area contributed by atoms with E-state index in [1.54, 1.807) is 38.1 Å². The van der Waals surface area contributed by atoms with Gasteiger partial charge in [-0.2, -0.15) is 8.78 Å². The number of sulfonamides is 1. The second-order valence-electron chi connectivity index (χ2n) is 7.43. The summed E-state index contributed by atoms with van der Waals surface area (Å²) in [4.78, 5) is 2.26. The molecule has 1 fully saturated rings. The zero-order chi connectivity index (χ0) is 21.9. The molecule has 1 aliphatic rings. The number of hydrogen-bond acceptors (Lipinski definition) is 5. The van der Waals surface area contributed by atoms with Crippen LogP contribution in [0.3, 0.4) is 0 Å². The Morgan fingerprint density at radius 1 is 1.10 bits per heavy atom. The van der Waals surface area contributed by atoms with Crippen molar-refractivity contribution in [2.75, 3.05) is 35.4 Å². The fourth-order valence-corrected chi connectivity index (χ4v) is 5.32. The summed E-state index contributed by atoms with van der Waals surface area (Å²) in [6.45, 7) is 5.50. The van der Waals surface area contributed by atoms with E-state index in [9.17, 15) is 17.2 Å². The fourth-order valence-electron chi connectivity index (χ4n) is 3.63.